The summed E-state index contributed by atoms with van der Waals surface area (Å²) in [7, 11) is 3.15. The van der Waals surface area contributed by atoms with Crippen molar-refractivity contribution in [2.75, 3.05) is 40.4 Å². The van der Waals surface area contributed by atoms with Crippen LogP contribution in [0.1, 0.15) is 31.1 Å². The number of nitrogens with zero attached hydrogens (tertiary/aromatic N) is 4. The maximum Gasteiger partial charge on any atom is 0.410 e. The Kier molecular flexibility index (Phi) is 7.19. The van der Waals surface area contributed by atoms with Crippen LogP contribution in [-0.2, 0) is 4.74 Å². The van der Waals surface area contributed by atoms with Crippen molar-refractivity contribution in [3.8, 4) is 28.4 Å². The van der Waals surface area contributed by atoms with Gasteiger partial charge in [0.25, 0.3) is 5.91 Å². The molecular formula is C27H32N4O5. The second-order valence-electron chi connectivity index (χ2n) is 9.50. The first-order valence-electron chi connectivity index (χ1n) is 11.8. The van der Waals surface area contributed by atoms with E-state index in [1.54, 1.807) is 41.0 Å². The molecule has 0 spiro atoms. The standard InChI is InChI=1S/C27H32N4O5/c1-27(2,3)36-26(33)30-15-13-29(14-16-30)25(32)21-18-31(20-9-7-6-8-10-20)28-24(21)19-11-12-22(34-4)23(17-19)35-5/h6-12,17-18H,13-16H2,1-5H3. The SMILES string of the molecule is COc1ccc(-c2nn(-c3ccccc3)cc2C(=O)N2CCN(C(=O)OC(C)(C)C)CC2)cc1OC. The molecule has 1 aromatic heterocycles. The van der Waals surface area contributed by atoms with E-state index in [4.69, 9.17) is 19.3 Å². The first kappa shape index (κ1) is 25.1. The van der Waals surface area contributed by atoms with Crippen LogP contribution in [0.15, 0.2) is 54.7 Å². The first-order chi connectivity index (χ1) is 17.2. The Labute approximate surface area is 211 Å². The molecule has 3 aromatic rings. The fraction of sp³-hybridized carbons (Fsp3) is 0.370. The number of carbonyl (C=O) groups excluding carboxylic acids is 2. The van der Waals surface area contributed by atoms with E-state index >= 15 is 0 Å². The van der Waals surface area contributed by atoms with Gasteiger partial charge in [0.2, 0.25) is 0 Å². The normalized spacial score (nSPS) is 13.9. The summed E-state index contributed by atoms with van der Waals surface area (Å²) in [6.07, 6.45) is 1.39. The van der Waals surface area contributed by atoms with Gasteiger partial charge in [-0.25, -0.2) is 9.48 Å². The van der Waals surface area contributed by atoms with Gasteiger partial charge in [-0.15, -0.1) is 0 Å². The van der Waals surface area contributed by atoms with Crippen molar-refractivity contribution in [1.82, 2.24) is 19.6 Å². The number of hydrogen-bond acceptors (Lipinski definition) is 6. The number of ether oxygens (including phenoxy) is 3. The molecule has 1 fully saturated rings. The van der Waals surface area contributed by atoms with Gasteiger partial charge in [-0.3, -0.25) is 4.79 Å². The first-order valence-corrected chi connectivity index (χ1v) is 11.8. The second kappa shape index (κ2) is 10.3. The highest BCUT2D eigenvalue weighted by atomic mass is 16.6. The summed E-state index contributed by atoms with van der Waals surface area (Å²) in [6.45, 7) is 7.12. The number of carbonyl (C=O) groups is 2. The lowest BCUT2D eigenvalue weighted by Gasteiger charge is -2.35. The summed E-state index contributed by atoms with van der Waals surface area (Å²) in [5.41, 5.74) is 2.02. The van der Waals surface area contributed by atoms with Crippen molar-refractivity contribution >= 4 is 12.0 Å². The molecule has 4 rings (SSSR count). The van der Waals surface area contributed by atoms with Gasteiger partial charge in [0.1, 0.15) is 11.3 Å². The number of piperazine rings is 1. The van der Waals surface area contributed by atoms with Gasteiger partial charge in [-0.05, 0) is 51.1 Å². The Morgan fingerprint density at radius 2 is 1.50 bits per heavy atom. The molecule has 1 aliphatic rings. The van der Waals surface area contributed by atoms with E-state index < -0.39 is 5.60 Å². The van der Waals surface area contributed by atoms with E-state index in [1.807, 2.05) is 63.2 Å². The average Bonchev–Trinajstić information content (AvgIpc) is 3.33. The van der Waals surface area contributed by atoms with Gasteiger partial charge in [0, 0.05) is 37.9 Å². The Balaban J connectivity index is 1.63. The lowest BCUT2D eigenvalue weighted by molar-refractivity contribution is 0.0141. The zero-order valence-electron chi connectivity index (χ0n) is 21.4. The van der Waals surface area contributed by atoms with Crippen molar-refractivity contribution < 1.29 is 23.8 Å². The molecule has 190 valence electrons. The molecule has 9 heteroatoms. The molecule has 0 atom stereocenters. The van der Waals surface area contributed by atoms with Gasteiger partial charge in [-0.2, -0.15) is 5.10 Å². The number of aromatic nitrogens is 2. The molecule has 36 heavy (non-hydrogen) atoms. The van der Waals surface area contributed by atoms with Crippen molar-refractivity contribution in [3.05, 3.63) is 60.3 Å². The van der Waals surface area contributed by atoms with E-state index in [1.165, 1.54) is 0 Å². The van der Waals surface area contributed by atoms with Crippen LogP contribution in [0.4, 0.5) is 4.79 Å². The van der Waals surface area contributed by atoms with Crippen LogP contribution in [0.5, 0.6) is 11.5 Å². The highest BCUT2D eigenvalue weighted by Crippen LogP contribution is 2.34. The number of hydrogen-bond donors (Lipinski definition) is 0. The molecule has 1 aliphatic heterocycles. The van der Waals surface area contributed by atoms with Crippen LogP contribution < -0.4 is 9.47 Å². The summed E-state index contributed by atoms with van der Waals surface area (Å²) in [6, 6.07) is 15.1. The summed E-state index contributed by atoms with van der Waals surface area (Å²) in [4.78, 5) is 29.5. The molecule has 0 radical (unpaired) electrons. The third-order valence-corrected chi connectivity index (χ3v) is 5.84. The van der Waals surface area contributed by atoms with Gasteiger partial charge >= 0.3 is 6.09 Å². The smallest absolute Gasteiger partial charge is 0.410 e. The van der Waals surface area contributed by atoms with Gasteiger partial charge in [-0.1, -0.05) is 18.2 Å². The van der Waals surface area contributed by atoms with E-state index in [2.05, 4.69) is 0 Å². The molecule has 0 bridgehead atoms. The molecule has 0 unspecified atom stereocenters. The highest BCUT2D eigenvalue weighted by Gasteiger charge is 2.30. The largest absolute Gasteiger partial charge is 0.493 e. The fourth-order valence-corrected chi connectivity index (χ4v) is 4.03. The van der Waals surface area contributed by atoms with Crippen LogP contribution in [0.2, 0.25) is 0 Å². The molecule has 2 amide bonds. The Hall–Kier alpha value is -4.01. The third-order valence-electron chi connectivity index (χ3n) is 5.84. The summed E-state index contributed by atoms with van der Waals surface area (Å²) < 4.78 is 18.0. The van der Waals surface area contributed by atoms with Crippen LogP contribution in [0.3, 0.4) is 0 Å². The Bertz CT molecular complexity index is 1220. The van der Waals surface area contributed by atoms with Crippen LogP contribution >= 0.6 is 0 Å². The monoisotopic (exact) mass is 492 g/mol. The van der Waals surface area contributed by atoms with Crippen molar-refractivity contribution in [2.24, 2.45) is 0 Å². The minimum atomic E-state index is -0.565. The third kappa shape index (κ3) is 5.45. The van der Waals surface area contributed by atoms with E-state index in [0.717, 1.165) is 11.3 Å². The van der Waals surface area contributed by atoms with Crippen LogP contribution in [0.25, 0.3) is 16.9 Å². The number of amides is 2. The van der Waals surface area contributed by atoms with Gasteiger partial charge in [0.05, 0.1) is 25.5 Å². The second-order valence-corrected chi connectivity index (χ2v) is 9.50. The summed E-state index contributed by atoms with van der Waals surface area (Å²) >= 11 is 0. The van der Waals surface area contributed by atoms with Gasteiger partial charge < -0.3 is 24.0 Å². The number of para-hydroxylation sites is 1. The average molecular weight is 493 g/mol. The van der Waals surface area contributed by atoms with Crippen molar-refractivity contribution in [1.29, 1.82) is 0 Å². The summed E-state index contributed by atoms with van der Waals surface area (Å²) in [5.74, 6) is 0.995. The highest BCUT2D eigenvalue weighted by molar-refractivity contribution is 6.00. The molecule has 0 N–H and O–H groups in total. The van der Waals surface area contributed by atoms with E-state index in [-0.39, 0.29) is 12.0 Å². The molecule has 0 aliphatic carbocycles. The maximum atomic E-state index is 13.7. The quantitative estimate of drug-likeness (QED) is 0.529. The zero-order chi connectivity index (χ0) is 25.9. The predicted octanol–water partition coefficient (Wildman–Crippen LogP) is 4.25. The van der Waals surface area contributed by atoms with E-state index in [9.17, 15) is 9.59 Å². The van der Waals surface area contributed by atoms with Crippen LogP contribution in [-0.4, -0.2) is 77.6 Å². The molecule has 9 nitrogen and oxygen atoms in total. The van der Waals surface area contributed by atoms with Crippen molar-refractivity contribution in [2.45, 2.75) is 26.4 Å². The Morgan fingerprint density at radius 3 is 2.11 bits per heavy atom. The van der Waals surface area contributed by atoms with Crippen molar-refractivity contribution in [3.63, 3.8) is 0 Å². The zero-order valence-corrected chi connectivity index (χ0v) is 21.4. The lowest BCUT2D eigenvalue weighted by Crippen LogP contribution is -2.51. The molecule has 2 heterocycles. The Morgan fingerprint density at radius 1 is 0.861 bits per heavy atom. The molecule has 1 saturated heterocycles. The number of rotatable bonds is 5. The van der Waals surface area contributed by atoms with E-state index in [0.29, 0.717) is 48.9 Å². The lowest BCUT2D eigenvalue weighted by atomic mass is 10.1. The number of methoxy groups -OCH3 is 2. The number of benzene rings is 2. The van der Waals surface area contributed by atoms with Crippen LogP contribution in [0, 0.1) is 0 Å². The predicted molar refractivity (Wildman–Crippen MR) is 136 cm³/mol. The minimum Gasteiger partial charge on any atom is -0.493 e. The fourth-order valence-electron chi connectivity index (χ4n) is 4.03. The summed E-state index contributed by atoms with van der Waals surface area (Å²) in [5, 5.41) is 4.77. The minimum absolute atomic E-state index is 0.147. The maximum absolute atomic E-state index is 13.7. The topological polar surface area (TPSA) is 86.1 Å². The molecule has 0 saturated carbocycles. The molecular weight excluding hydrogens is 460 g/mol. The van der Waals surface area contributed by atoms with Gasteiger partial charge in [0.15, 0.2) is 11.5 Å². The molecule has 2 aromatic carbocycles.